The van der Waals surface area contributed by atoms with Gasteiger partial charge in [0.2, 0.25) is 18.6 Å². The van der Waals surface area contributed by atoms with Crippen molar-refractivity contribution in [3.63, 3.8) is 0 Å². The molecule has 19 heavy (non-hydrogen) atoms. The van der Waals surface area contributed by atoms with Crippen molar-refractivity contribution in [2.45, 2.75) is 13.1 Å². The minimum Gasteiger partial charge on any atom is -0.360 e. The molecule has 7 nitrogen and oxygen atoms in total. The minimum atomic E-state index is -0.855. The zero-order valence-corrected chi connectivity index (χ0v) is 25.0. The molecule has 0 aromatic rings. The molecule has 0 aromatic carbocycles. The van der Waals surface area contributed by atoms with Gasteiger partial charge in [-0.2, -0.15) is 0 Å². The van der Waals surface area contributed by atoms with Gasteiger partial charge in [0.05, 0.1) is 20.1 Å². The first kappa shape index (κ1) is 15.6. The third kappa shape index (κ3) is 2.82. The summed E-state index contributed by atoms with van der Waals surface area (Å²) >= 11 is 0. The van der Waals surface area contributed by atoms with E-state index in [1.165, 1.54) is 10.4 Å². The van der Waals surface area contributed by atoms with E-state index in [1.54, 1.807) is 0 Å². The van der Waals surface area contributed by atoms with Gasteiger partial charge >= 0.3 is 0 Å². The zero-order valence-electron chi connectivity index (χ0n) is 12.5. The standard InChI is InChI=1S/C3H27N7Si9/c1-6-16-9-14-4-13-8(12-2)15-5-18(9)10-17(3)7(11)19(6)10/h4-5,17-19H,12-16H2,1-3,11H3. The fourth-order valence-corrected chi connectivity index (χ4v) is 58.5. The summed E-state index contributed by atoms with van der Waals surface area (Å²) in [6.07, 6.45) is 0. The topological polar surface area (TPSA) is 40.3 Å². The molecule has 0 aromatic heterocycles. The van der Waals surface area contributed by atoms with Gasteiger partial charge in [-0.1, -0.05) is 6.55 Å². The van der Waals surface area contributed by atoms with E-state index in [9.17, 15) is 0 Å². The first-order valence-corrected chi connectivity index (χ1v) is 20.8. The summed E-state index contributed by atoms with van der Waals surface area (Å²) in [4.78, 5) is 0. The monoisotopic (exact) mass is 413 g/mol. The highest BCUT2D eigenvalue weighted by Gasteiger charge is 2.54. The van der Waals surface area contributed by atoms with E-state index in [-0.39, 0.29) is 49.1 Å². The number of nitrogens with zero attached hydrogens (tertiary/aromatic N) is 5. The molecule has 0 amide bonds. The molecule has 3 heterocycles. The molecule has 3 fully saturated rings. The third-order valence-electron chi connectivity index (χ3n) is 4.67. The van der Waals surface area contributed by atoms with E-state index in [4.69, 9.17) is 0 Å². The van der Waals surface area contributed by atoms with Crippen molar-refractivity contribution in [3.05, 3.63) is 0 Å². The van der Waals surface area contributed by atoms with Gasteiger partial charge < -0.3 is 29.1 Å². The highest BCUT2D eigenvalue weighted by Crippen LogP contribution is 2.24. The van der Waals surface area contributed by atoms with Crippen LogP contribution < -0.4 is 9.30 Å². The maximum absolute atomic E-state index is 4.21. The molecule has 110 valence electrons. The number of hydrogen-bond donors (Lipinski definition) is 2. The van der Waals surface area contributed by atoms with Gasteiger partial charge in [-0.3, -0.25) is 0 Å². The smallest absolute Gasteiger partial charge is 0.242 e. The second-order valence-electron chi connectivity index (χ2n) is 5.87. The first-order chi connectivity index (χ1) is 9.13. The van der Waals surface area contributed by atoms with E-state index in [0.29, 0.717) is 0 Å². The predicted molar refractivity (Wildman–Crippen MR) is 107 cm³/mol. The Labute approximate surface area is 136 Å². The SMILES string of the molecule is C[SiH2]N1[SiH2]N[SiH2]N2[SiH2]N(C)[SiH]3N([SiH3])[SiH](C)N3[SiH]2N[SiH2]1. The summed E-state index contributed by atoms with van der Waals surface area (Å²) < 4.78 is 23.1. The van der Waals surface area contributed by atoms with E-state index < -0.39 is 27.7 Å². The van der Waals surface area contributed by atoms with Crippen LogP contribution in [0.2, 0.25) is 13.1 Å². The van der Waals surface area contributed by atoms with Crippen molar-refractivity contribution in [2.75, 3.05) is 7.05 Å². The Bertz CT molecular complexity index is 335. The van der Waals surface area contributed by atoms with Crippen LogP contribution in [0.4, 0.5) is 0 Å². The lowest BCUT2D eigenvalue weighted by atomic mass is 11.6. The van der Waals surface area contributed by atoms with Crippen molar-refractivity contribution in [1.29, 1.82) is 0 Å². The lowest BCUT2D eigenvalue weighted by Crippen LogP contribution is -2.93. The zero-order chi connectivity index (χ0) is 13.6. The van der Waals surface area contributed by atoms with Crippen molar-refractivity contribution < 1.29 is 0 Å². The Balaban J connectivity index is 1.74. The second kappa shape index (κ2) is 6.43. The largest absolute Gasteiger partial charge is 0.360 e. The molecule has 0 saturated carbocycles. The average molecular weight is 414 g/mol. The summed E-state index contributed by atoms with van der Waals surface area (Å²) in [5, 5.41) is 0. The molecule has 0 radical (unpaired) electrons. The van der Waals surface area contributed by atoms with Gasteiger partial charge in [-0.15, -0.1) is 0 Å². The molecule has 0 bridgehead atoms. The van der Waals surface area contributed by atoms with Gasteiger partial charge in [0, 0.05) is 0 Å². The lowest BCUT2D eigenvalue weighted by Gasteiger charge is -2.65. The highest BCUT2D eigenvalue weighted by atomic mass is 28.5. The average Bonchev–Trinajstić information content (AvgIpc) is 2.39. The Hall–Kier alpha value is 1.67. The van der Waals surface area contributed by atoms with E-state index >= 15 is 0 Å². The van der Waals surface area contributed by atoms with Crippen LogP contribution in [-0.2, 0) is 0 Å². The Morgan fingerprint density at radius 2 is 2.05 bits per heavy atom. The van der Waals surface area contributed by atoms with Gasteiger partial charge in [0.15, 0.2) is 48.5 Å². The van der Waals surface area contributed by atoms with Crippen molar-refractivity contribution >= 4 is 87.1 Å². The van der Waals surface area contributed by atoms with E-state index in [1.807, 2.05) is 0 Å². The number of hydrogen-bond acceptors (Lipinski definition) is 7. The maximum Gasteiger partial charge on any atom is 0.242 e. The van der Waals surface area contributed by atoms with Crippen LogP contribution in [0.5, 0.6) is 0 Å². The van der Waals surface area contributed by atoms with Crippen molar-refractivity contribution in [2.24, 2.45) is 0 Å². The van der Waals surface area contributed by atoms with Gasteiger partial charge in [0.1, 0.15) is 0 Å². The Morgan fingerprint density at radius 1 is 1.26 bits per heavy atom. The highest BCUT2D eigenvalue weighted by molar-refractivity contribution is 7.04. The molecule has 2 N–H and O–H groups in total. The van der Waals surface area contributed by atoms with Crippen molar-refractivity contribution in [3.8, 4) is 0 Å². The molecule has 3 aliphatic rings. The van der Waals surface area contributed by atoms with Crippen LogP contribution in [0.1, 0.15) is 0 Å². The molecule has 3 atom stereocenters. The number of fused-ring (bicyclic) bond motifs is 3. The fraction of sp³-hybridized carbons (Fsp3) is 1.00. The number of nitrogens with one attached hydrogen (secondary N) is 2. The quantitative estimate of drug-likeness (QED) is 0.414. The lowest BCUT2D eigenvalue weighted by molar-refractivity contribution is 0.540. The molecule has 0 aliphatic carbocycles. The van der Waals surface area contributed by atoms with Gasteiger partial charge in [-0.25, -0.2) is 0 Å². The van der Waals surface area contributed by atoms with E-state index in [2.05, 4.69) is 49.3 Å². The molecule has 0 spiro atoms. The molecule has 3 saturated heterocycles. The summed E-state index contributed by atoms with van der Waals surface area (Å²) in [5.41, 5.74) is 0. The molecule has 3 aliphatic heterocycles. The summed E-state index contributed by atoms with van der Waals surface area (Å²) in [6, 6.07) is 0. The van der Waals surface area contributed by atoms with Crippen LogP contribution in [0.3, 0.4) is 0 Å². The van der Waals surface area contributed by atoms with Gasteiger partial charge in [-0.05, 0) is 13.6 Å². The Kier molecular flexibility index (Phi) is 5.26. The second-order valence-corrected chi connectivity index (χ2v) is 35.7. The van der Waals surface area contributed by atoms with Crippen molar-refractivity contribution in [1.82, 2.24) is 29.1 Å². The van der Waals surface area contributed by atoms with E-state index in [0.717, 1.165) is 0 Å². The van der Waals surface area contributed by atoms with Crippen LogP contribution in [0, 0.1) is 0 Å². The molecular formula is C3H27N7Si9. The minimum absolute atomic E-state index is 0.0434. The summed E-state index contributed by atoms with van der Waals surface area (Å²) in [5.74, 6) is 0. The fourth-order valence-electron chi connectivity index (χ4n) is 3.44. The molecule has 3 unspecified atom stereocenters. The predicted octanol–water partition coefficient (Wildman–Crippen LogP) is -8.96. The summed E-state index contributed by atoms with van der Waals surface area (Å²) in [7, 11) is 1.30. The first-order valence-electron chi connectivity index (χ1n) is 7.23. The maximum atomic E-state index is 4.21. The number of rotatable bonds is 1. The van der Waals surface area contributed by atoms with Crippen LogP contribution in [-0.4, -0.2) is 114 Å². The molecule has 3 rings (SSSR count). The summed E-state index contributed by atoms with van der Waals surface area (Å²) in [6.45, 7) is 5.06. The molecule has 16 heteroatoms. The normalized spacial score (nSPS) is 45.9. The van der Waals surface area contributed by atoms with Gasteiger partial charge in [0.25, 0.3) is 0 Å². The van der Waals surface area contributed by atoms with Crippen LogP contribution in [0.25, 0.3) is 0 Å². The Morgan fingerprint density at radius 3 is 2.79 bits per heavy atom. The van der Waals surface area contributed by atoms with Crippen LogP contribution >= 0.6 is 0 Å². The third-order valence-corrected chi connectivity index (χ3v) is 39.8. The van der Waals surface area contributed by atoms with Crippen LogP contribution in [0.15, 0.2) is 0 Å². The molecular weight excluding hydrogens is 387 g/mol.